The molecule has 0 atom stereocenters. The highest BCUT2D eigenvalue weighted by atomic mass is 32.2. The number of anilines is 1. The molecule has 164 valence electrons. The average Bonchev–Trinajstić information content (AvgIpc) is 3.38. The molecule has 1 N–H and O–H groups in total. The number of thioether (sulfide) groups is 1. The number of aromatic nitrogens is 3. The summed E-state index contributed by atoms with van der Waals surface area (Å²) in [6.45, 7) is 6.09. The molecule has 9 heteroatoms. The number of amides is 1. The molecule has 7 nitrogen and oxygen atoms in total. The number of nitrogens with zero attached hydrogens (tertiary/aromatic N) is 3. The van der Waals surface area contributed by atoms with Crippen molar-refractivity contribution in [1.82, 2.24) is 14.6 Å². The maximum Gasteiger partial charge on any atom is 0.341 e. The highest BCUT2D eigenvalue weighted by Crippen LogP contribution is 2.37. The van der Waals surface area contributed by atoms with Crippen molar-refractivity contribution in [2.45, 2.75) is 25.9 Å². The molecule has 0 saturated carbocycles. The molecule has 1 amide bonds. The van der Waals surface area contributed by atoms with Crippen molar-refractivity contribution in [3.63, 3.8) is 0 Å². The van der Waals surface area contributed by atoms with Gasteiger partial charge in [0.05, 0.1) is 12.4 Å². The topological polar surface area (TPSA) is 85.6 Å². The van der Waals surface area contributed by atoms with E-state index in [0.29, 0.717) is 15.7 Å². The predicted octanol–water partition coefficient (Wildman–Crippen LogP) is 4.98. The monoisotopic (exact) mass is 466 g/mol. The van der Waals surface area contributed by atoms with Crippen LogP contribution in [0.25, 0.3) is 16.8 Å². The number of benzene rings is 1. The Morgan fingerprint density at radius 3 is 2.78 bits per heavy atom. The molecule has 0 radical (unpaired) electrons. The van der Waals surface area contributed by atoms with Gasteiger partial charge in [-0.3, -0.25) is 9.20 Å². The van der Waals surface area contributed by atoms with E-state index in [9.17, 15) is 9.59 Å². The van der Waals surface area contributed by atoms with Crippen LogP contribution in [0.3, 0.4) is 0 Å². The molecule has 0 bridgehead atoms. The average molecular weight is 467 g/mol. The Bertz CT molecular complexity index is 1300. The molecule has 0 aliphatic carbocycles. The van der Waals surface area contributed by atoms with Gasteiger partial charge in [0.15, 0.2) is 10.8 Å². The molecular formula is C23H22N4O3S2. The van der Waals surface area contributed by atoms with Crippen LogP contribution < -0.4 is 5.32 Å². The Morgan fingerprint density at radius 2 is 2.00 bits per heavy atom. The van der Waals surface area contributed by atoms with Gasteiger partial charge in [-0.05, 0) is 49.6 Å². The van der Waals surface area contributed by atoms with Crippen LogP contribution in [0.15, 0.2) is 53.1 Å². The van der Waals surface area contributed by atoms with Gasteiger partial charge in [0.2, 0.25) is 5.91 Å². The Balaban J connectivity index is 1.55. The Morgan fingerprint density at radius 1 is 1.16 bits per heavy atom. The van der Waals surface area contributed by atoms with E-state index in [1.54, 1.807) is 6.92 Å². The van der Waals surface area contributed by atoms with Crippen LogP contribution in [0.1, 0.15) is 28.4 Å². The van der Waals surface area contributed by atoms with Gasteiger partial charge in [0.25, 0.3) is 0 Å². The second kappa shape index (κ2) is 9.54. The van der Waals surface area contributed by atoms with E-state index in [-0.39, 0.29) is 18.3 Å². The van der Waals surface area contributed by atoms with Gasteiger partial charge in [-0.15, -0.1) is 21.5 Å². The summed E-state index contributed by atoms with van der Waals surface area (Å²) in [5, 5.41) is 14.1. The van der Waals surface area contributed by atoms with Gasteiger partial charge in [-0.25, -0.2) is 4.79 Å². The summed E-state index contributed by atoms with van der Waals surface area (Å²) in [4.78, 5) is 25.4. The Hall–Kier alpha value is -3.17. The van der Waals surface area contributed by atoms with Crippen LogP contribution in [0.2, 0.25) is 0 Å². The molecule has 0 spiro atoms. The summed E-state index contributed by atoms with van der Waals surface area (Å²) < 4.78 is 7.11. The van der Waals surface area contributed by atoms with E-state index < -0.39 is 5.97 Å². The fraction of sp³-hybridized carbons (Fsp3) is 0.217. The molecule has 0 unspecified atom stereocenters. The lowest BCUT2D eigenvalue weighted by molar-refractivity contribution is -0.113. The van der Waals surface area contributed by atoms with Gasteiger partial charge in [0, 0.05) is 17.1 Å². The number of esters is 1. The van der Waals surface area contributed by atoms with Crippen LogP contribution in [0.5, 0.6) is 0 Å². The van der Waals surface area contributed by atoms with E-state index in [2.05, 4.69) is 15.5 Å². The quantitative estimate of drug-likeness (QED) is 0.305. The number of nitrogens with one attached hydrogen (secondary N) is 1. The number of fused-ring (bicyclic) bond motifs is 1. The van der Waals surface area contributed by atoms with Crippen molar-refractivity contribution in [2.75, 3.05) is 17.7 Å². The molecule has 1 aromatic carbocycles. The molecule has 32 heavy (non-hydrogen) atoms. The third-order valence-electron chi connectivity index (χ3n) is 4.96. The molecule has 0 fully saturated rings. The van der Waals surface area contributed by atoms with E-state index in [4.69, 9.17) is 4.74 Å². The SMILES string of the molecule is CCOC(=O)c1c(-c2ccc(C)c(C)c2)csc1NC(=O)CSc1nnc2ccccn12. The van der Waals surface area contributed by atoms with Crippen molar-refractivity contribution in [3.05, 3.63) is 64.7 Å². The van der Waals surface area contributed by atoms with Crippen LogP contribution in [0, 0.1) is 13.8 Å². The number of pyridine rings is 1. The molecule has 3 aromatic heterocycles. The van der Waals surface area contributed by atoms with Crippen molar-refractivity contribution >= 4 is 45.6 Å². The fourth-order valence-corrected chi connectivity index (χ4v) is 4.89. The zero-order valence-corrected chi connectivity index (χ0v) is 19.5. The van der Waals surface area contributed by atoms with E-state index >= 15 is 0 Å². The van der Waals surface area contributed by atoms with Crippen LogP contribution >= 0.6 is 23.1 Å². The summed E-state index contributed by atoms with van der Waals surface area (Å²) in [6.07, 6.45) is 1.85. The highest BCUT2D eigenvalue weighted by Gasteiger charge is 2.23. The number of hydrogen-bond donors (Lipinski definition) is 1. The number of carbonyl (C=O) groups excluding carboxylic acids is 2. The summed E-state index contributed by atoms with van der Waals surface area (Å²) >= 11 is 2.60. The number of thiophene rings is 1. The largest absolute Gasteiger partial charge is 0.462 e. The molecular weight excluding hydrogens is 444 g/mol. The predicted molar refractivity (Wildman–Crippen MR) is 128 cm³/mol. The maximum absolute atomic E-state index is 12.8. The number of rotatable bonds is 7. The first kappa shape index (κ1) is 22.0. The van der Waals surface area contributed by atoms with E-state index in [1.807, 2.05) is 66.2 Å². The first-order chi connectivity index (χ1) is 15.5. The number of aryl methyl sites for hydroxylation is 2. The van der Waals surface area contributed by atoms with Gasteiger partial charge in [0.1, 0.15) is 10.6 Å². The van der Waals surface area contributed by atoms with Crippen molar-refractivity contribution in [1.29, 1.82) is 0 Å². The lowest BCUT2D eigenvalue weighted by atomic mass is 9.99. The summed E-state index contributed by atoms with van der Waals surface area (Å²) in [7, 11) is 0. The van der Waals surface area contributed by atoms with Crippen molar-refractivity contribution in [3.8, 4) is 11.1 Å². The van der Waals surface area contributed by atoms with Crippen LogP contribution in [-0.4, -0.2) is 38.8 Å². The molecule has 0 aliphatic rings. The van der Waals surface area contributed by atoms with Gasteiger partial charge in [-0.2, -0.15) is 0 Å². The number of carbonyl (C=O) groups is 2. The van der Waals surface area contributed by atoms with Crippen molar-refractivity contribution < 1.29 is 14.3 Å². The molecule has 4 rings (SSSR count). The van der Waals surface area contributed by atoms with E-state index in [0.717, 1.165) is 22.3 Å². The van der Waals surface area contributed by atoms with Gasteiger partial charge >= 0.3 is 5.97 Å². The lowest BCUT2D eigenvalue weighted by Crippen LogP contribution is -2.16. The lowest BCUT2D eigenvalue weighted by Gasteiger charge is -2.10. The second-order valence-corrected chi connectivity index (χ2v) is 8.94. The standard InChI is InChI=1S/C23H22N4O3S2/c1-4-30-22(29)20-17(16-9-8-14(2)15(3)11-16)12-31-21(20)24-19(28)13-32-23-26-25-18-7-5-6-10-27(18)23/h5-12H,4,13H2,1-3H3,(H,24,28). The molecule has 3 heterocycles. The van der Waals surface area contributed by atoms with E-state index in [1.165, 1.54) is 28.7 Å². The third kappa shape index (κ3) is 4.53. The Kier molecular flexibility index (Phi) is 6.57. The van der Waals surface area contributed by atoms with Gasteiger partial charge < -0.3 is 10.1 Å². The minimum absolute atomic E-state index is 0.134. The van der Waals surface area contributed by atoms with Crippen LogP contribution in [-0.2, 0) is 9.53 Å². The summed E-state index contributed by atoms with van der Waals surface area (Å²) in [5.74, 6) is -0.551. The highest BCUT2D eigenvalue weighted by molar-refractivity contribution is 7.99. The first-order valence-electron chi connectivity index (χ1n) is 10.1. The maximum atomic E-state index is 12.8. The second-order valence-electron chi connectivity index (χ2n) is 7.12. The third-order valence-corrected chi connectivity index (χ3v) is 6.79. The molecule has 4 aromatic rings. The normalized spacial score (nSPS) is 11.0. The van der Waals surface area contributed by atoms with Gasteiger partial charge in [-0.1, -0.05) is 36.0 Å². The van der Waals surface area contributed by atoms with Crippen LogP contribution in [0.4, 0.5) is 5.00 Å². The minimum atomic E-state index is -0.451. The fourth-order valence-electron chi connectivity index (χ4n) is 3.19. The summed E-state index contributed by atoms with van der Waals surface area (Å²) in [5.41, 5.74) is 5.07. The number of hydrogen-bond acceptors (Lipinski definition) is 7. The smallest absolute Gasteiger partial charge is 0.341 e. The minimum Gasteiger partial charge on any atom is -0.462 e. The molecule has 0 aliphatic heterocycles. The zero-order valence-electron chi connectivity index (χ0n) is 17.9. The summed E-state index contributed by atoms with van der Waals surface area (Å²) in [6, 6.07) is 11.7. The molecule has 0 saturated heterocycles. The number of ether oxygens (including phenoxy) is 1. The first-order valence-corrected chi connectivity index (χ1v) is 11.9. The zero-order chi connectivity index (χ0) is 22.7. The Labute approximate surface area is 193 Å². The van der Waals surface area contributed by atoms with Crippen molar-refractivity contribution in [2.24, 2.45) is 0 Å².